The molecule has 0 saturated heterocycles. The van der Waals surface area contributed by atoms with Crippen LogP contribution in [0.25, 0.3) is 0 Å². The van der Waals surface area contributed by atoms with Gasteiger partial charge in [-0.05, 0) is 24.5 Å². The van der Waals surface area contributed by atoms with Crippen LogP contribution >= 0.6 is 35.0 Å². The van der Waals surface area contributed by atoms with Crippen molar-refractivity contribution >= 4 is 45.8 Å². The van der Waals surface area contributed by atoms with Gasteiger partial charge in [0.25, 0.3) is 0 Å². The van der Waals surface area contributed by atoms with E-state index in [-0.39, 0.29) is 0 Å². The zero-order valence-electron chi connectivity index (χ0n) is 8.74. The van der Waals surface area contributed by atoms with Crippen molar-refractivity contribution in [1.82, 2.24) is 0 Å². The van der Waals surface area contributed by atoms with Crippen LogP contribution in [0.4, 0.5) is 5.69 Å². The maximum absolute atomic E-state index is 8.54. The number of anilines is 1. The zero-order chi connectivity index (χ0) is 12.1. The molecule has 0 amide bonds. The third kappa shape index (κ3) is 3.31. The first-order valence-corrected chi connectivity index (χ1v) is 6.27. The molecule has 1 aromatic carbocycles. The predicted molar refractivity (Wildman–Crippen MR) is 71.4 cm³/mol. The average Bonchev–Trinajstić information content (AvgIpc) is 2.23. The highest BCUT2D eigenvalue weighted by Crippen LogP contribution is 2.26. The first kappa shape index (κ1) is 13.2. The van der Waals surface area contributed by atoms with Crippen LogP contribution in [0.2, 0.25) is 10.0 Å². The summed E-state index contributed by atoms with van der Waals surface area (Å²) in [5.74, 6) is 0. The monoisotopic (exact) mass is 273 g/mol. The third-order valence-electron chi connectivity index (χ3n) is 1.85. The minimum atomic E-state index is 0.548. The van der Waals surface area contributed by atoms with Crippen molar-refractivity contribution in [3.8, 4) is 6.19 Å². The molecule has 0 aliphatic heterocycles. The van der Waals surface area contributed by atoms with Crippen molar-refractivity contribution in [3.63, 3.8) is 0 Å². The van der Waals surface area contributed by atoms with E-state index in [4.69, 9.17) is 28.5 Å². The van der Waals surface area contributed by atoms with Crippen LogP contribution in [0.1, 0.15) is 0 Å². The van der Waals surface area contributed by atoms with E-state index in [1.165, 1.54) is 11.8 Å². The number of nitrogens with zero attached hydrogens (tertiary/aromatic N) is 3. The Morgan fingerprint density at radius 1 is 1.38 bits per heavy atom. The molecule has 1 aromatic rings. The Kier molecular flexibility index (Phi) is 4.94. The minimum Gasteiger partial charge on any atom is -0.323 e. The first-order chi connectivity index (χ1) is 7.58. The fourth-order valence-corrected chi connectivity index (χ4v) is 2.17. The largest absolute Gasteiger partial charge is 0.323 e. The van der Waals surface area contributed by atoms with Gasteiger partial charge in [0.05, 0.1) is 0 Å². The van der Waals surface area contributed by atoms with Crippen LogP contribution < -0.4 is 4.90 Å². The van der Waals surface area contributed by atoms with Gasteiger partial charge < -0.3 is 4.90 Å². The lowest BCUT2D eigenvalue weighted by atomic mass is 10.3. The van der Waals surface area contributed by atoms with E-state index in [2.05, 4.69) is 4.99 Å². The van der Waals surface area contributed by atoms with Gasteiger partial charge in [0.1, 0.15) is 0 Å². The van der Waals surface area contributed by atoms with Crippen LogP contribution in [0.3, 0.4) is 0 Å². The SMILES string of the molecule is CS/C(=N\C#N)N(C)c1cc(Cl)cc(Cl)c1. The summed E-state index contributed by atoms with van der Waals surface area (Å²) in [7, 11) is 1.80. The number of nitriles is 1. The normalized spacial score (nSPS) is 11.1. The summed E-state index contributed by atoms with van der Waals surface area (Å²) < 4.78 is 0. The van der Waals surface area contributed by atoms with Crippen molar-refractivity contribution in [2.24, 2.45) is 4.99 Å². The molecule has 0 fully saturated rings. The highest BCUT2D eigenvalue weighted by Gasteiger charge is 2.09. The van der Waals surface area contributed by atoms with E-state index in [0.717, 1.165) is 5.69 Å². The maximum atomic E-state index is 8.54. The number of halogens is 2. The van der Waals surface area contributed by atoms with Crippen LogP contribution in [0.15, 0.2) is 23.2 Å². The molecular formula is C10H9Cl2N3S. The predicted octanol–water partition coefficient (Wildman–Crippen LogP) is 3.63. The van der Waals surface area contributed by atoms with Gasteiger partial charge in [-0.2, -0.15) is 5.26 Å². The Labute approximate surface area is 109 Å². The molecule has 0 heterocycles. The summed E-state index contributed by atoms with van der Waals surface area (Å²) >= 11 is 13.2. The van der Waals surface area contributed by atoms with Gasteiger partial charge in [-0.25, -0.2) is 0 Å². The maximum Gasteiger partial charge on any atom is 0.208 e. The van der Waals surface area contributed by atoms with E-state index in [1.54, 1.807) is 36.3 Å². The summed E-state index contributed by atoms with van der Waals surface area (Å²) in [6.45, 7) is 0. The average molecular weight is 274 g/mol. The van der Waals surface area contributed by atoms with E-state index in [9.17, 15) is 0 Å². The fourth-order valence-electron chi connectivity index (χ4n) is 1.14. The molecule has 0 aromatic heterocycles. The minimum absolute atomic E-state index is 0.548. The standard InChI is InChI=1S/C10H9Cl2N3S/c1-15(10(16-2)14-6-13)9-4-7(11)3-8(12)5-9/h3-5H,1-2H3/b14-10-. The smallest absolute Gasteiger partial charge is 0.208 e. The van der Waals surface area contributed by atoms with E-state index in [0.29, 0.717) is 15.2 Å². The van der Waals surface area contributed by atoms with Crippen LogP contribution in [-0.2, 0) is 0 Å². The van der Waals surface area contributed by atoms with Gasteiger partial charge in [-0.1, -0.05) is 35.0 Å². The quantitative estimate of drug-likeness (QED) is 0.446. The lowest BCUT2D eigenvalue weighted by Crippen LogP contribution is -2.23. The lowest BCUT2D eigenvalue weighted by Gasteiger charge is -2.19. The Bertz CT molecular complexity index is 434. The van der Waals surface area contributed by atoms with Crippen molar-refractivity contribution in [2.45, 2.75) is 0 Å². The van der Waals surface area contributed by atoms with E-state index < -0.39 is 0 Å². The third-order valence-corrected chi connectivity index (χ3v) is 3.02. The Hall–Kier alpha value is -0.890. The van der Waals surface area contributed by atoms with Gasteiger partial charge in [0.2, 0.25) is 6.19 Å². The van der Waals surface area contributed by atoms with Crippen LogP contribution in [0.5, 0.6) is 0 Å². The van der Waals surface area contributed by atoms with Crippen LogP contribution in [0, 0.1) is 11.5 Å². The first-order valence-electron chi connectivity index (χ1n) is 4.29. The highest BCUT2D eigenvalue weighted by molar-refractivity contribution is 8.13. The van der Waals surface area contributed by atoms with Crippen LogP contribution in [-0.4, -0.2) is 18.5 Å². The molecular weight excluding hydrogens is 265 g/mol. The molecule has 84 valence electrons. The highest BCUT2D eigenvalue weighted by atomic mass is 35.5. The molecule has 0 atom stereocenters. The lowest BCUT2D eigenvalue weighted by molar-refractivity contribution is 1.27. The molecule has 6 heteroatoms. The summed E-state index contributed by atoms with van der Waals surface area (Å²) in [4.78, 5) is 5.46. The van der Waals surface area contributed by atoms with Gasteiger partial charge in [-0.3, -0.25) is 0 Å². The summed E-state index contributed by atoms with van der Waals surface area (Å²) in [5, 5.41) is 10.2. The number of thioether (sulfide) groups is 1. The molecule has 0 unspecified atom stereocenters. The molecule has 0 radical (unpaired) electrons. The van der Waals surface area contributed by atoms with Crippen molar-refractivity contribution in [1.29, 1.82) is 5.26 Å². The number of aliphatic imine (C=N–C) groups is 1. The number of hydrogen-bond donors (Lipinski definition) is 0. The summed E-state index contributed by atoms with van der Waals surface area (Å²) in [5.41, 5.74) is 0.792. The summed E-state index contributed by atoms with van der Waals surface area (Å²) in [6, 6.07) is 5.17. The Morgan fingerprint density at radius 3 is 2.38 bits per heavy atom. The van der Waals surface area contributed by atoms with Crippen molar-refractivity contribution < 1.29 is 0 Å². The van der Waals surface area contributed by atoms with Gasteiger partial charge >= 0.3 is 0 Å². The number of amidine groups is 1. The second-order valence-corrected chi connectivity index (χ2v) is 4.53. The topological polar surface area (TPSA) is 39.4 Å². The van der Waals surface area contributed by atoms with E-state index >= 15 is 0 Å². The molecule has 1 rings (SSSR count). The second kappa shape index (κ2) is 6.00. The number of rotatable bonds is 1. The molecule has 16 heavy (non-hydrogen) atoms. The fraction of sp³-hybridized carbons (Fsp3) is 0.200. The van der Waals surface area contributed by atoms with Gasteiger partial charge in [-0.15, -0.1) is 4.99 Å². The number of benzene rings is 1. The molecule has 0 aliphatic carbocycles. The molecule has 0 bridgehead atoms. The molecule has 0 N–H and O–H groups in total. The number of hydrogen-bond acceptors (Lipinski definition) is 3. The second-order valence-electron chi connectivity index (χ2n) is 2.89. The van der Waals surface area contributed by atoms with Crippen molar-refractivity contribution in [3.05, 3.63) is 28.2 Å². The Balaban J connectivity index is 3.09. The zero-order valence-corrected chi connectivity index (χ0v) is 11.1. The molecule has 0 spiro atoms. The van der Waals surface area contributed by atoms with Gasteiger partial charge in [0, 0.05) is 22.8 Å². The van der Waals surface area contributed by atoms with Crippen molar-refractivity contribution in [2.75, 3.05) is 18.2 Å². The van der Waals surface area contributed by atoms with Gasteiger partial charge in [0.15, 0.2) is 5.17 Å². The molecule has 3 nitrogen and oxygen atoms in total. The molecule has 0 aliphatic rings. The summed E-state index contributed by atoms with van der Waals surface area (Å²) in [6.07, 6.45) is 3.60. The van der Waals surface area contributed by atoms with E-state index in [1.807, 2.05) is 6.26 Å². The molecule has 0 saturated carbocycles. The Morgan fingerprint density at radius 2 is 1.94 bits per heavy atom.